The molecule has 0 aliphatic heterocycles. The number of rotatable bonds is 14. The molecule has 7 nitrogen and oxygen atoms in total. The quantitative estimate of drug-likeness (QED) is 0.137. The van der Waals surface area contributed by atoms with Crippen molar-refractivity contribution in [3.63, 3.8) is 0 Å². The Kier molecular flexibility index (Phi) is 11.2. The molecular weight excluding hydrogens is 430 g/mol. The minimum Gasteiger partial charge on any atom is -0.427 e. The Hall–Kier alpha value is -2.45. The predicted octanol–water partition coefficient (Wildman–Crippen LogP) is 5.12. The molecule has 1 heterocycles. The predicted molar refractivity (Wildman–Crippen MR) is 121 cm³/mol. The molecule has 0 fully saturated rings. The highest BCUT2D eigenvalue weighted by Gasteiger charge is 2.12. The number of hydrogen-bond donors (Lipinski definition) is 1. The number of nitrogens with zero attached hydrogens (tertiary/aromatic N) is 1. The van der Waals surface area contributed by atoms with E-state index in [9.17, 15) is 13.2 Å². The maximum atomic E-state index is 11.8. The number of benzene rings is 1. The summed E-state index contributed by atoms with van der Waals surface area (Å²) in [5, 5.41) is 0. The zero-order valence-electron chi connectivity index (χ0n) is 18.7. The van der Waals surface area contributed by atoms with Crippen LogP contribution in [0.15, 0.2) is 53.7 Å². The Morgan fingerprint density at radius 1 is 0.906 bits per heavy atom. The van der Waals surface area contributed by atoms with Crippen molar-refractivity contribution in [2.75, 3.05) is 6.61 Å². The van der Waals surface area contributed by atoms with Crippen LogP contribution >= 0.6 is 0 Å². The van der Waals surface area contributed by atoms with Gasteiger partial charge < -0.3 is 9.47 Å². The van der Waals surface area contributed by atoms with Gasteiger partial charge in [-0.2, -0.15) is 8.42 Å². The Bertz CT molecular complexity index is 911. The van der Waals surface area contributed by atoms with Gasteiger partial charge in [0.05, 0.1) is 4.90 Å². The molecule has 0 radical (unpaired) electrons. The van der Waals surface area contributed by atoms with Crippen LogP contribution < -0.4 is 9.30 Å². The van der Waals surface area contributed by atoms with Crippen LogP contribution in [0.4, 0.5) is 4.79 Å². The highest BCUT2D eigenvalue weighted by Crippen LogP contribution is 2.16. The lowest BCUT2D eigenvalue weighted by Gasteiger charge is -2.05. The van der Waals surface area contributed by atoms with Crippen LogP contribution in [0.25, 0.3) is 0 Å². The molecular formula is C24H34NO6S+. The van der Waals surface area contributed by atoms with E-state index >= 15 is 0 Å². The molecule has 0 spiro atoms. The van der Waals surface area contributed by atoms with E-state index in [1.807, 2.05) is 17.0 Å². The number of ether oxygens (including phenoxy) is 2. The molecule has 0 aliphatic rings. The largest absolute Gasteiger partial charge is 0.514 e. The van der Waals surface area contributed by atoms with Crippen molar-refractivity contribution in [3.8, 4) is 5.75 Å². The molecule has 8 heteroatoms. The van der Waals surface area contributed by atoms with E-state index in [4.69, 9.17) is 14.0 Å². The monoisotopic (exact) mass is 464 g/mol. The molecule has 0 atom stereocenters. The van der Waals surface area contributed by atoms with Crippen LogP contribution in [0.5, 0.6) is 5.75 Å². The molecule has 2 aromatic rings. The van der Waals surface area contributed by atoms with Crippen LogP contribution in [0.2, 0.25) is 0 Å². The summed E-state index contributed by atoms with van der Waals surface area (Å²) in [5.74, 6) is 0.125. The first-order chi connectivity index (χ1) is 15.4. The maximum Gasteiger partial charge on any atom is 0.514 e. The molecule has 1 aromatic heterocycles. The zero-order chi connectivity index (χ0) is 23.2. The summed E-state index contributed by atoms with van der Waals surface area (Å²) < 4.78 is 42.9. The number of aryl methyl sites for hydroxylation is 1. The van der Waals surface area contributed by atoms with Crippen LogP contribution in [0.3, 0.4) is 0 Å². The third kappa shape index (κ3) is 10.2. The first-order valence-corrected chi connectivity index (χ1v) is 12.7. The Balaban J connectivity index is 1.61. The maximum absolute atomic E-state index is 11.8. The van der Waals surface area contributed by atoms with Crippen molar-refractivity contribution in [2.45, 2.75) is 76.2 Å². The van der Waals surface area contributed by atoms with Gasteiger partial charge in [-0.1, -0.05) is 51.9 Å². The first kappa shape index (κ1) is 25.8. The second-order valence-corrected chi connectivity index (χ2v) is 9.24. The molecule has 1 N–H and O–H groups in total. The minimum atomic E-state index is -4.28. The average Bonchev–Trinajstić information content (AvgIpc) is 2.76. The second-order valence-electron chi connectivity index (χ2n) is 7.82. The van der Waals surface area contributed by atoms with E-state index in [1.54, 1.807) is 0 Å². The lowest BCUT2D eigenvalue weighted by Crippen LogP contribution is -2.35. The molecule has 32 heavy (non-hydrogen) atoms. The zero-order valence-corrected chi connectivity index (χ0v) is 19.6. The molecule has 1 aromatic carbocycles. The highest BCUT2D eigenvalue weighted by atomic mass is 32.2. The van der Waals surface area contributed by atoms with Crippen molar-refractivity contribution in [1.82, 2.24) is 0 Å². The van der Waals surface area contributed by atoms with Gasteiger partial charge >= 0.3 is 6.16 Å². The fourth-order valence-electron chi connectivity index (χ4n) is 3.31. The van der Waals surface area contributed by atoms with E-state index in [0.29, 0.717) is 6.54 Å². The molecule has 0 bridgehead atoms. The van der Waals surface area contributed by atoms with Crippen LogP contribution in [-0.4, -0.2) is 25.7 Å². The number of unbranched alkanes of at least 4 members (excludes halogenated alkanes) is 7. The Morgan fingerprint density at radius 3 is 2.09 bits per heavy atom. The van der Waals surface area contributed by atoms with Crippen molar-refractivity contribution in [1.29, 1.82) is 0 Å². The van der Waals surface area contributed by atoms with Gasteiger partial charge in [0.15, 0.2) is 25.5 Å². The van der Waals surface area contributed by atoms with E-state index in [1.165, 1.54) is 69.1 Å². The van der Waals surface area contributed by atoms with Crippen molar-refractivity contribution in [2.24, 2.45) is 0 Å². The summed E-state index contributed by atoms with van der Waals surface area (Å²) in [7, 11) is -4.28. The SMILES string of the molecule is CCCCCCCCCCc1cc[n+](CCOC(=O)Oc2ccc(S(=O)(=O)O)cc2)cc1. The van der Waals surface area contributed by atoms with Gasteiger partial charge in [-0.05, 0) is 42.7 Å². The van der Waals surface area contributed by atoms with E-state index in [-0.39, 0.29) is 17.3 Å². The summed E-state index contributed by atoms with van der Waals surface area (Å²) in [6, 6.07) is 9.01. The third-order valence-electron chi connectivity index (χ3n) is 5.17. The van der Waals surface area contributed by atoms with Crippen molar-refractivity contribution in [3.05, 3.63) is 54.4 Å². The van der Waals surface area contributed by atoms with Gasteiger partial charge in [0, 0.05) is 12.1 Å². The van der Waals surface area contributed by atoms with Crippen LogP contribution in [0.1, 0.15) is 63.9 Å². The number of carbonyl (C=O) groups excluding carboxylic acids is 1. The standard InChI is InChI=1S/C24H33NO6S/c1-2-3-4-5-6-7-8-9-10-21-15-17-25(18-16-21)19-20-30-24(26)31-22-11-13-23(14-12-22)32(27,28)29/h11-18H,2-10,19-20H2,1H3/p+1. The minimum absolute atomic E-state index is 0.125. The second kappa shape index (κ2) is 13.9. The van der Waals surface area contributed by atoms with E-state index in [2.05, 4.69) is 19.1 Å². The van der Waals surface area contributed by atoms with Gasteiger partial charge in [-0.3, -0.25) is 4.55 Å². The van der Waals surface area contributed by atoms with Gasteiger partial charge in [0.2, 0.25) is 0 Å². The van der Waals surface area contributed by atoms with Gasteiger partial charge in [-0.15, -0.1) is 0 Å². The van der Waals surface area contributed by atoms with E-state index in [0.717, 1.165) is 18.6 Å². The Morgan fingerprint density at radius 2 is 1.50 bits per heavy atom. The highest BCUT2D eigenvalue weighted by molar-refractivity contribution is 7.85. The topological polar surface area (TPSA) is 93.8 Å². The molecule has 2 rings (SSSR count). The average molecular weight is 465 g/mol. The summed E-state index contributed by atoms with van der Waals surface area (Å²) in [6.07, 6.45) is 14.6. The summed E-state index contributed by atoms with van der Waals surface area (Å²) >= 11 is 0. The third-order valence-corrected chi connectivity index (χ3v) is 6.04. The van der Waals surface area contributed by atoms with Gasteiger partial charge in [0.25, 0.3) is 10.1 Å². The fourth-order valence-corrected chi connectivity index (χ4v) is 3.79. The molecule has 176 valence electrons. The molecule has 0 unspecified atom stereocenters. The molecule has 0 saturated heterocycles. The molecule has 0 saturated carbocycles. The van der Waals surface area contributed by atoms with Crippen LogP contribution in [-0.2, 0) is 27.8 Å². The number of pyridine rings is 1. The number of aromatic nitrogens is 1. The van der Waals surface area contributed by atoms with E-state index < -0.39 is 16.3 Å². The first-order valence-electron chi connectivity index (χ1n) is 11.3. The summed E-state index contributed by atoms with van der Waals surface area (Å²) in [4.78, 5) is 11.5. The van der Waals surface area contributed by atoms with Crippen molar-refractivity contribution >= 4 is 16.3 Å². The van der Waals surface area contributed by atoms with Crippen molar-refractivity contribution < 1.29 is 31.8 Å². The summed E-state index contributed by atoms with van der Waals surface area (Å²) in [5.41, 5.74) is 1.31. The smallest absolute Gasteiger partial charge is 0.427 e. The Labute approximate surface area is 191 Å². The fraction of sp³-hybridized carbons (Fsp3) is 0.500. The molecule has 0 amide bonds. The van der Waals surface area contributed by atoms with Crippen LogP contribution in [0, 0.1) is 0 Å². The van der Waals surface area contributed by atoms with Gasteiger partial charge in [0.1, 0.15) is 5.75 Å². The number of carbonyl (C=O) groups is 1. The summed E-state index contributed by atoms with van der Waals surface area (Å²) in [6.45, 7) is 2.88. The lowest BCUT2D eigenvalue weighted by molar-refractivity contribution is -0.698. The van der Waals surface area contributed by atoms with Gasteiger partial charge in [-0.25, -0.2) is 9.36 Å². The molecule has 0 aliphatic carbocycles. The number of hydrogen-bond acceptors (Lipinski definition) is 5. The lowest BCUT2D eigenvalue weighted by atomic mass is 10.0. The normalized spacial score (nSPS) is 11.3.